The lowest BCUT2D eigenvalue weighted by molar-refractivity contribution is -0.116. The molecule has 0 radical (unpaired) electrons. The van der Waals surface area contributed by atoms with Gasteiger partial charge in [-0.25, -0.2) is 14.6 Å². The van der Waals surface area contributed by atoms with Crippen LogP contribution < -0.4 is 15.6 Å². The molecule has 0 spiro atoms. The van der Waals surface area contributed by atoms with E-state index in [1.807, 2.05) is 48.5 Å². The van der Waals surface area contributed by atoms with E-state index in [-0.39, 0.29) is 42.2 Å². The number of aryl methyl sites for hydroxylation is 1. The van der Waals surface area contributed by atoms with Gasteiger partial charge in [-0.15, -0.1) is 22.7 Å². The molecule has 1 amide bonds. The van der Waals surface area contributed by atoms with Crippen molar-refractivity contribution in [1.29, 1.82) is 0 Å². The third-order valence-corrected chi connectivity index (χ3v) is 8.43. The molecule has 0 saturated carbocycles. The van der Waals surface area contributed by atoms with E-state index in [9.17, 15) is 19.2 Å². The average Bonchev–Trinajstić information content (AvgIpc) is 3.59. The van der Waals surface area contributed by atoms with E-state index >= 15 is 0 Å². The summed E-state index contributed by atoms with van der Waals surface area (Å²) < 4.78 is 17.3. The Balaban J connectivity index is 1.30. The number of ether oxygens (including phenoxy) is 3. The van der Waals surface area contributed by atoms with E-state index in [0.29, 0.717) is 26.7 Å². The molecule has 2 aromatic carbocycles. The molecule has 5 rings (SSSR count). The Morgan fingerprint density at radius 2 is 1.67 bits per heavy atom. The number of aromatic nitrogens is 2. The zero-order valence-corrected chi connectivity index (χ0v) is 25.0. The number of hydrogen-bond donors (Lipinski definition) is 1. The van der Waals surface area contributed by atoms with Gasteiger partial charge in [-0.05, 0) is 37.1 Å². The Labute approximate surface area is 254 Å². The molecule has 3 aromatic heterocycles. The Morgan fingerprint density at radius 1 is 0.953 bits per heavy atom. The minimum absolute atomic E-state index is 0.0295. The van der Waals surface area contributed by atoms with Crippen LogP contribution in [0.25, 0.3) is 21.3 Å². The lowest BCUT2D eigenvalue weighted by Gasteiger charge is -2.10. The molecule has 0 atom stereocenters. The maximum atomic E-state index is 13.3. The van der Waals surface area contributed by atoms with E-state index < -0.39 is 23.4 Å². The first-order chi connectivity index (χ1) is 20.9. The molecule has 0 fully saturated rings. The fraction of sp³-hybridized carbons (Fsp3) is 0.194. The van der Waals surface area contributed by atoms with Crippen molar-refractivity contribution in [3.63, 3.8) is 0 Å². The molecule has 5 aromatic rings. The highest BCUT2D eigenvalue weighted by Gasteiger charge is 2.24. The van der Waals surface area contributed by atoms with E-state index in [0.717, 1.165) is 21.5 Å². The van der Waals surface area contributed by atoms with Crippen LogP contribution in [-0.2, 0) is 20.8 Å². The molecule has 0 aliphatic carbocycles. The first-order valence-electron chi connectivity index (χ1n) is 13.3. The van der Waals surface area contributed by atoms with Crippen molar-refractivity contribution in [3.8, 4) is 16.9 Å². The number of hydrogen-bond acceptors (Lipinski definition) is 10. The van der Waals surface area contributed by atoms with Crippen LogP contribution in [0.1, 0.15) is 32.5 Å². The number of anilines is 1. The molecule has 220 valence electrons. The van der Waals surface area contributed by atoms with Crippen LogP contribution in [0.2, 0.25) is 0 Å². The second-order valence-corrected chi connectivity index (χ2v) is 11.1. The highest BCUT2D eigenvalue weighted by atomic mass is 32.1. The van der Waals surface area contributed by atoms with Gasteiger partial charge in [0.1, 0.15) is 45.8 Å². The zero-order valence-electron chi connectivity index (χ0n) is 23.3. The number of esters is 2. The fourth-order valence-corrected chi connectivity index (χ4v) is 6.36. The van der Waals surface area contributed by atoms with E-state index in [4.69, 9.17) is 14.2 Å². The molecule has 0 aliphatic heterocycles. The van der Waals surface area contributed by atoms with Gasteiger partial charge >= 0.3 is 11.9 Å². The highest BCUT2D eigenvalue weighted by molar-refractivity contribution is 7.20. The monoisotopic (exact) mass is 617 g/mol. The topological polar surface area (TPSA) is 126 Å². The van der Waals surface area contributed by atoms with E-state index in [1.54, 1.807) is 31.4 Å². The van der Waals surface area contributed by atoms with Gasteiger partial charge < -0.3 is 19.5 Å². The van der Waals surface area contributed by atoms with Crippen molar-refractivity contribution in [2.45, 2.75) is 20.4 Å². The van der Waals surface area contributed by atoms with Crippen molar-refractivity contribution >= 4 is 55.7 Å². The molecule has 0 bridgehead atoms. The summed E-state index contributed by atoms with van der Waals surface area (Å²) in [6.45, 7) is 3.38. The number of nitrogens with one attached hydrogen (secondary N) is 1. The smallest absolute Gasteiger partial charge is 0.348 e. The molecule has 0 unspecified atom stereocenters. The molecule has 0 aliphatic rings. The van der Waals surface area contributed by atoms with Gasteiger partial charge in [0.25, 0.3) is 5.56 Å². The molecular formula is C31H27N3O7S2. The van der Waals surface area contributed by atoms with Crippen LogP contribution in [0.4, 0.5) is 5.00 Å². The van der Waals surface area contributed by atoms with E-state index in [1.165, 1.54) is 17.7 Å². The predicted molar refractivity (Wildman–Crippen MR) is 165 cm³/mol. The third kappa shape index (κ3) is 6.65. The predicted octanol–water partition coefficient (Wildman–Crippen LogP) is 5.55. The first kappa shape index (κ1) is 29.7. The molecule has 0 saturated heterocycles. The zero-order chi connectivity index (χ0) is 30.3. The van der Waals surface area contributed by atoms with Gasteiger partial charge in [0.2, 0.25) is 5.91 Å². The van der Waals surface area contributed by atoms with Crippen LogP contribution >= 0.6 is 22.7 Å². The summed E-state index contributed by atoms with van der Waals surface area (Å²) in [4.78, 5) is 56.9. The van der Waals surface area contributed by atoms with Crippen molar-refractivity contribution in [2.24, 2.45) is 0 Å². The number of benzene rings is 2. The summed E-state index contributed by atoms with van der Waals surface area (Å²) in [5, 5.41) is 5.08. The normalized spacial score (nSPS) is 10.8. The maximum absolute atomic E-state index is 13.3. The second kappa shape index (κ2) is 13.4. The summed E-state index contributed by atoms with van der Waals surface area (Å²) >= 11 is 2.24. The Morgan fingerprint density at radius 3 is 2.40 bits per heavy atom. The van der Waals surface area contributed by atoms with Gasteiger partial charge in [-0.1, -0.05) is 48.5 Å². The van der Waals surface area contributed by atoms with Crippen LogP contribution in [-0.4, -0.2) is 47.2 Å². The number of amides is 1. The molecular weight excluding hydrogens is 590 g/mol. The molecule has 43 heavy (non-hydrogen) atoms. The molecule has 10 nitrogen and oxygen atoms in total. The number of fused-ring (bicyclic) bond motifs is 1. The second-order valence-electron chi connectivity index (χ2n) is 9.20. The number of carbonyl (C=O) groups excluding carboxylic acids is 3. The van der Waals surface area contributed by atoms with Crippen molar-refractivity contribution in [1.82, 2.24) is 9.55 Å². The highest BCUT2D eigenvalue weighted by Crippen LogP contribution is 2.36. The lowest BCUT2D eigenvalue weighted by Crippen LogP contribution is -2.28. The molecule has 3 heterocycles. The largest absolute Gasteiger partial charge is 0.490 e. The molecule has 1 N–H and O–H groups in total. The van der Waals surface area contributed by atoms with E-state index in [2.05, 4.69) is 10.3 Å². The van der Waals surface area contributed by atoms with Gasteiger partial charge in [0, 0.05) is 10.9 Å². The minimum atomic E-state index is -0.584. The number of nitrogens with zero attached hydrogens (tertiary/aromatic N) is 2. The van der Waals surface area contributed by atoms with Crippen LogP contribution in [0.15, 0.2) is 77.2 Å². The van der Waals surface area contributed by atoms with Gasteiger partial charge in [-0.3, -0.25) is 14.2 Å². The summed E-state index contributed by atoms with van der Waals surface area (Å²) in [6, 6.07) is 18.5. The standard InChI is InChI=1S/C31H27N3O7S2/c1-3-39-30(37)25-22(20-10-6-4-7-11-20)17-42-28(25)33-23(35)16-34-18-32-27-24(29(34)36)19(2)26(43-27)31(38)41-15-14-40-21-12-8-5-9-13-21/h4-13,17-18H,3,14-16H2,1-2H3,(H,33,35). The number of para-hydroxylation sites is 1. The summed E-state index contributed by atoms with van der Waals surface area (Å²) in [5.41, 5.74) is 1.65. The lowest BCUT2D eigenvalue weighted by atomic mass is 10.0. The minimum Gasteiger partial charge on any atom is -0.490 e. The number of rotatable bonds is 11. The Kier molecular flexibility index (Phi) is 9.28. The van der Waals surface area contributed by atoms with Crippen molar-refractivity contribution in [2.75, 3.05) is 25.1 Å². The average molecular weight is 618 g/mol. The quantitative estimate of drug-likeness (QED) is 0.151. The van der Waals surface area contributed by atoms with Crippen LogP contribution in [0, 0.1) is 6.92 Å². The van der Waals surface area contributed by atoms with Gasteiger partial charge in [-0.2, -0.15) is 0 Å². The van der Waals surface area contributed by atoms with Crippen LogP contribution in [0.3, 0.4) is 0 Å². The van der Waals surface area contributed by atoms with Crippen molar-refractivity contribution in [3.05, 3.63) is 98.7 Å². The van der Waals surface area contributed by atoms with Gasteiger partial charge in [0.15, 0.2) is 0 Å². The van der Waals surface area contributed by atoms with Crippen molar-refractivity contribution < 1.29 is 28.6 Å². The first-order valence-corrected chi connectivity index (χ1v) is 15.0. The number of carbonyl (C=O) groups is 3. The summed E-state index contributed by atoms with van der Waals surface area (Å²) in [5.74, 6) is -1.00. The Bertz CT molecular complexity index is 1830. The Hall–Kier alpha value is -4.81. The SMILES string of the molecule is CCOC(=O)c1c(-c2ccccc2)csc1NC(=O)Cn1cnc2sc(C(=O)OCCOc3ccccc3)c(C)c2c1=O. The van der Waals surface area contributed by atoms with Crippen LogP contribution in [0.5, 0.6) is 5.75 Å². The third-order valence-electron chi connectivity index (χ3n) is 6.35. The fourth-order valence-electron chi connectivity index (χ4n) is 4.35. The number of thiophene rings is 2. The summed E-state index contributed by atoms with van der Waals surface area (Å²) in [7, 11) is 0. The summed E-state index contributed by atoms with van der Waals surface area (Å²) in [6.07, 6.45) is 1.26. The van der Waals surface area contributed by atoms with Gasteiger partial charge in [0.05, 0.1) is 18.3 Å². The maximum Gasteiger partial charge on any atom is 0.348 e. The molecule has 12 heteroatoms.